The topological polar surface area (TPSA) is 84.2 Å². The van der Waals surface area contributed by atoms with E-state index in [1.165, 1.54) is 0 Å². The number of nitrogens with two attached hydrogens (primary N) is 1. The lowest BCUT2D eigenvalue weighted by Crippen LogP contribution is -2.36. The van der Waals surface area contributed by atoms with E-state index in [4.69, 9.17) is 5.73 Å². The fourth-order valence-electron chi connectivity index (χ4n) is 1.03. The summed E-state index contributed by atoms with van der Waals surface area (Å²) in [5, 5.41) is 5.77. The van der Waals surface area contributed by atoms with Gasteiger partial charge in [-0.25, -0.2) is 0 Å². The maximum Gasteiger partial charge on any atom is 0.261 e. The molecule has 0 aliphatic carbocycles. The van der Waals surface area contributed by atoms with Gasteiger partial charge in [-0.2, -0.15) is 0 Å². The molecule has 2 amide bonds. The molecule has 0 aliphatic heterocycles. The predicted molar refractivity (Wildman–Crippen MR) is 63.7 cm³/mol. The molecule has 0 saturated heterocycles. The van der Waals surface area contributed by atoms with Crippen LogP contribution in [0.4, 0.5) is 0 Å². The van der Waals surface area contributed by atoms with E-state index in [1.807, 2.05) is 14.0 Å². The van der Waals surface area contributed by atoms with Crippen molar-refractivity contribution in [3.63, 3.8) is 0 Å². The van der Waals surface area contributed by atoms with E-state index in [-0.39, 0.29) is 11.9 Å². The monoisotopic (exact) mass is 241 g/mol. The molecule has 0 saturated carbocycles. The van der Waals surface area contributed by atoms with Crippen LogP contribution in [0.1, 0.15) is 26.3 Å². The average molecular weight is 241 g/mol. The van der Waals surface area contributed by atoms with E-state index < -0.39 is 5.91 Å². The van der Waals surface area contributed by atoms with Gasteiger partial charge >= 0.3 is 0 Å². The Labute approximate surface area is 98.0 Å². The zero-order valence-electron chi connectivity index (χ0n) is 9.24. The molecule has 88 valence electrons. The Morgan fingerprint density at radius 3 is 2.56 bits per heavy atom. The summed E-state index contributed by atoms with van der Waals surface area (Å²) in [5.41, 5.74) is 5.10. The van der Waals surface area contributed by atoms with Gasteiger partial charge in [0.05, 0.1) is 9.75 Å². The first-order valence-corrected chi connectivity index (χ1v) is 5.71. The van der Waals surface area contributed by atoms with Gasteiger partial charge in [-0.05, 0) is 26.1 Å². The molecule has 0 fully saturated rings. The van der Waals surface area contributed by atoms with Crippen molar-refractivity contribution >= 4 is 23.2 Å². The Balaban J connectivity index is 2.56. The standard InChI is InChI=1S/C10H15N3O2S/c1-6(12-2)5-13-10(15)8-4-3-7(16-8)9(11)14/h3-4,6,12H,5H2,1-2H3,(H2,11,14)(H,13,15). The zero-order valence-corrected chi connectivity index (χ0v) is 10.1. The minimum absolute atomic E-state index is 0.181. The highest BCUT2D eigenvalue weighted by molar-refractivity contribution is 7.15. The summed E-state index contributed by atoms with van der Waals surface area (Å²) in [7, 11) is 1.83. The average Bonchev–Trinajstić information content (AvgIpc) is 2.74. The molecule has 1 atom stereocenters. The molecule has 1 aromatic heterocycles. The van der Waals surface area contributed by atoms with Gasteiger partial charge in [0.15, 0.2) is 0 Å². The fraction of sp³-hybridized carbons (Fsp3) is 0.400. The summed E-state index contributed by atoms with van der Waals surface area (Å²) in [6, 6.07) is 3.37. The molecular formula is C10H15N3O2S. The third kappa shape index (κ3) is 3.32. The Morgan fingerprint density at radius 2 is 2.06 bits per heavy atom. The number of likely N-dealkylation sites (N-methyl/N-ethyl adjacent to an activating group) is 1. The first-order valence-electron chi connectivity index (χ1n) is 4.89. The smallest absolute Gasteiger partial charge is 0.261 e. The molecule has 0 aliphatic rings. The minimum atomic E-state index is -0.507. The summed E-state index contributed by atoms with van der Waals surface area (Å²) in [5.74, 6) is -0.688. The fourth-order valence-corrected chi connectivity index (χ4v) is 1.80. The summed E-state index contributed by atoms with van der Waals surface area (Å²) in [6.45, 7) is 2.50. The summed E-state index contributed by atoms with van der Waals surface area (Å²) < 4.78 is 0. The zero-order chi connectivity index (χ0) is 12.1. The third-order valence-corrected chi connectivity index (χ3v) is 3.23. The van der Waals surface area contributed by atoms with Crippen LogP contribution in [-0.2, 0) is 0 Å². The van der Waals surface area contributed by atoms with Crippen LogP contribution in [0.2, 0.25) is 0 Å². The molecule has 5 nitrogen and oxygen atoms in total. The highest BCUT2D eigenvalue weighted by Crippen LogP contribution is 2.15. The molecule has 1 aromatic rings. The van der Waals surface area contributed by atoms with Crippen LogP contribution in [0, 0.1) is 0 Å². The van der Waals surface area contributed by atoms with Crippen molar-refractivity contribution in [1.82, 2.24) is 10.6 Å². The lowest BCUT2D eigenvalue weighted by atomic mass is 10.3. The number of primary amides is 1. The van der Waals surface area contributed by atoms with E-state index in [1.54, 1.807) is 12.1 Å². The number of thiophene rings is 1. The molecule has 1 rings (SSSR count). The minimum Gasteiger partial charge on any atom is -0.365 e. The van der Waals surface area contributed by atoms with Crippen molar-refractivity contribution in [3.05, 3.63) is 21.9 Å². The van der Waals surface area contributed by atoms with Crippen LogP contribution in [0.25, 0.3) is 0 Å². The number of carbonyl (C=O) groups is 2. The highest BCUT2D eigenvalue weighted by atomic mass is 32.1. The van der Waals surface area contributed by atoms with E-state index in [0.29, 0.717) is 16.3 Å². The second-order valence-corrected chi connectivity index (χ2v) is 4.51. The van der Waals surface area contributed by atoms with Crippen molar-refractivity contribution < 1.29 is 9.59 Å². The molecule has 6 heteroatoms. The summed E-state index contributed by atoms with van der Waals surface area (Å²) >= 11 is 1.10. The highest BCUT2D eigenvalue weighted by Gasteiger charge is 2.11. The SMILES string of the molecule is CNC(C)CNC(=O)c1ccc(C(N)=O)s1. The van der Waals surface area contributed by atoms with E-state index >= 15 is 0 Å². The molecule has 16 heavy (non-hydrogen) atoms. The number of nitrogens with one attached hydrogen (secondary N) is 2. The second kappa shape index (κ2) is 5.62. The third-order valence-electron chi connectivity index (χ3n) is 2.13. The maximum absolute atomic E-state index is 11.6. The molecule has 1 unspecified atom stereocenters. The Bertz CT molecular complexity index is 389. The molecular weight excluding hydrogens is 226 g/mol. The molecule has 1 heterocycles. The van der Waals surface area contributed by atoms with Gasteiger partial charge < -0.3 is 16.4 Å². The van der Waals surface area contributed by atoms with Gasteiger partial charge in [0, 0.05) is 12.6 Å². The first-order chi connectivity index (χ1) is 7.54. The van der Waals surface area contributed by atoms with Gasteiger partial charge in [-0.15, -0.1) is 11.3 Å². The van der Waals surface area contributed by atoms with Crippen molar-refractivity contribution in [3.8, 4) is 0 Å². The maximum atomic E-state index is 11.6. The van der Waals surface area contributed by atoms with Crippen LogP contribution in [0.5, 0.6) is 0 Å². The van der Waals surface area contributed by atoms with Gasteiger partial charge in [0.25, 0.3) is 11.8 Å². The van der Waals surface area contributed by atoms with Crippen molar-refractivity contribution in [2.75, 3.05) is 13.6 Å². The number of amides is 2. The normalized spacial score (nSPS) is 12.1. The Kier molecular flexibility index (Phi) is 4.45. The Hall–Kier alpha value is -1.40. The van der Waals surface area contributed by atoms with Crippen LogP contribution in [0.15, 0.2) is 12.1 Å². The van der Waals surface area contributed by atoms with Crippen LogP contribution >= 0.6 is 11.3 Å². The summed E-state index contributed by atoms with van der Waals surface area (Å²) in [6.07, 6.45) is 0. The lowest BCUT2D eigenvalue weighted by molar-refractivity contribution is 0.0953. The van der Waals surface area contributed by atoms with Crippen LogP contribution in [0.3, 0.4) is 0 Å². The van der Waals surface area contributed by atoms with Crippen molar-refractivity contribution in [2.24, 2.45) is 5.73 Å². The van der Waals surface area contributed by atoms with Gasteiger partial charge in [0.1, 0.15) is 0 Å². The lowest BCUT2D eigenvalue weighted by Gasteiger charge is -2.10. The molecule has 0 radical (unpaired) electrons. The van der Waals surface area contributed by atoms with E-state index in [2.05, 4.69) is 10.6 Å². The second-order valence-electron chi connectivity index (χ2n) is 3.43. The van der Waals surface area contributed by atoms with Crippen molar-refractivity contribution in [2.45, 2.75) is 13.0 Å². The van der Waals surface area contributed by atoms with Gasteiger partial charge in [-0.3, -0.25) is 9.59 Å². The molecule has 0 bridgehead atoms. The molecule has 4 N–H and O–H groups in total. The van der Waals surface area contributed by atoms with Gasteiger partial charge in [-0.1, -0.05) is 0 Å². The Morgan fingerprint density at radius 1 is 1.44 bits per heavy atom. The van der Waals surface area contributed by atoms with Crippen molar-refractivity contribution in [1.29, 1.82) is 0 Å². The number of carbonyl (C=O) groups excluding carboxylic acids is 2. The summed E-state index contributed by atoms with van der Waals surface area (Å²) in [4.78, 5) is 23.4. The molecule has 0 spiro atoms. The van der Waals surface area contributed by atoms with Crippen LogP contribution < -0.4 is 16.4 Å². The molecule has 0 aromatic carbocycles. The predicted octanol–water partition coefficient (Wildman–Crippen LogP) is 0.185. The van der Waals surface area contributed by atoms with Crippen LogP contribution in [-0.4, -0.2) is 31.4 Å². The first kappa shape index (κ1) is 12.7. The number of rotatable bonds is 5. The number of hydrogen-bond acceptors (Lipinski definition) is 4. The largest absolute Gasteiger partial charge is 0.365 e. The number of hydrogen-bond donors (Lipinski definition) is 3. The quantitative estimate of drug-likeness (QED) is 0.687. The van der Waals surface area contributed by atoms with Gasteiger partial charge in [0.2, 0.25) is 0 Å². The van der Waals surface area contributed by atoms with E-state index in [9.17, 15) is 9.59 Å². The van der Waals surface area contributed by atoms with E-state index in [0.717, 1.165) is 11.3 Å².